The van der Waals surface area contributed by atoms with Crippen molar-refractivity contribution < 1.29 is 103 Å². The number of carboxylic acids is 1. The van der Waals surface area contributed by atoms with Gasteiger partial charge in [-0.3, -0.25) is 14.4 Å². The molecule has 332 valence electrons. The van der Waals surface area contributed by atoms with Gasteiger partial charge in [-0.05, 0) is 42.0 Å². The highest BCUT2D eigenvalue weighted by Crippen LogP contribution is 2.46. The summed E-state index contributed by atoms with van der Waals surface area (Å²) in [5, 5.41) is 104. The van der Waals surface area contributed by atoms with Gasteiger partial charge in [0.05, 0.1) is 12.7 Å². The van der Waals surface area contributed by atoms with Crippen LogP contribution in [0.4, 0.5) is 0 Å². The van der Waals surface area contributed by atoms with Crippen LogP contribution in [0.3, 0.4) is 0 Å². The van der Waals surface area contributed by atoms with Crippen LogP contribution >= 0.6 is 0 Å². The predicted molar refractivity (Wildman–Crippen MR) is 203 cm³/mol. The van der Waals surface area contributed by atoms with Crippen molar-refractivity contribution in [2.45, 2.75) is 67.8 Å². The molecule has 4 aliphatic rings. The molecule has 22 heteroatoms. The fourth-order valence-electron chi connectivity index (χ4n) is 6.29. The maximum atomic E-state index is 13.0. The molecule has 3 heterocycles. The summed E-state index contributed by atoms with van der Waals surface area (Å²) in [5.41, 5.74) is -0.438. The number of rotatable bonds is 14. The summed E-state index contributed by atoms with van der Waals surface area (Å²) in [6.07, 6.45) is -17.1. The van der Waals surface area contributed by atoms with Gasteiger partial charge in [0.25, 0.3) is 0 Å². The first-order chi connectivity index (χ1) is 29.4. The molecule has 0 amide bonds. The number of aromatic hydroxyl groups is 3. The fourth-order valence-corrected chi connectivity index (χ4v) is 6.29. The highest BCUT2D eigenvalue weighted by atomic mass is 16.7. The monoisotopic (exact) mass is 872 g/mol. The number of carboxylic acid groups (broad SMARTS) is 1. The van der Waals surface area contributed by atoms with E-state index in [1.165, 1.54) is 43.5 Å². The zero-order valence-corrected chi connectivity index (χ0v) is 32.1. The van der Waals surface area contributed by atoms with E-state index in [0.717, 1.165) is 30.3 Å². The van der Waals surface area contributed by atoms with Crippen LogP contribution in [0, 0.1) is 0 Å². The van der Waals surface area contributed by atoms with E-state index < -0.39 is 127 Å². The molecule has 10 atom stereocenters. The molecule has 2 aromatic rings. The first kappa shape index (κ1) is 45.0. The third-order valence-corrected chi connectivity index (χ3v) is 9.55. The standard InChI is InChI=1S/C40H40O22/c1-55-24-9-17(8-21(43)31(24)48)38-25(60-40-37(54)35(52)32(49)26(62-40)14-56-29(46)7-4-16-2-5-18(41)6-3-16)12-20-22(58-38)10-19(42)11-23(20)59-39-36(53)34(51)33(50)27(61-39)15-57-30(47)13-28(44)45/h2-12,26-27,32-37,39-41,43,48-54H,13-15H2,1H3,(H,44,45)/b7-4+/t26-,27-,32-,33-,34+,35+,36-,37-,39-,40-/m1/s1. The van der Waals surface area contributed by atoms with Crippen molar-refractivity contribution >= 4 is 24.0 Å². The number of esters is 2. The zero-order chi connectivity index (χ0) is 45.0. The number of aliphatic hydroxyl groups excluding tert-OH is 6. The van der Waals surface area contributed by atoms with E-state index in [0.29, 0.717) is 5.56 Å². The van der Waals surface area contributed by atoms with E-state index >= 15 is 0 Å². The Morgan fingerprint density at radius 3 is 1.90 bits per heavy atom. The number of fused-ring (bicyclic) bond motifs is 1. The molecule has 0 saturated carbocycles. The Kier molecular flexibility index (Phi) is 13.8. The summed E-state index contributed by atoms with van der Waals surface area (Å²) in [7, 11) is 1.18. The minimum Gasteiger partial charge on any atom is -0.508 e. The number of carbonyl (C=O) groups excluding carboxylic acids is 2. The van der Waals surface area contributed by atoms with E-state index in [1.807, 2.05) is 0 Å². The lowest BCUT2D eigenvalue weighted by atomic mass is 9.99. The lowest BCUT2D eigenvalue weighted by Crippen LogP contribution is -2.60. The van der Waals surface area contributed by atoms with Crippen LogP contribution < -0.4 is 19.6 Å². The van der Waals surface area contributed by atoms with Gasteiger partial charge in [-0.15, -0.1) is 0 Å². The van der Waals surface area contributed by atoms with Crippen LogP contribution in [0.25, 0.3) is 28.7 Å². The molecular formula is C40H40O22. The Hall–Kier alpha value is -6.50. The minimum absolute atomic E-state index is 0.00593. The largest absolute Gasteiger partial charge is 0.508 e. The maximum absolute atomic E-state index is 13.0. The summed E-state index contributed by atoms with van der Waals surface area (Å²) in [6, 6.07) is 11.1. The zero-order valence-electron chi connectivity index (χ0n) is 32.1. The molecule has 0 aromatic heterocycles. The second-order valence-electron chi connectivity index (χ2n) is 13.9. The molecular weight excluding hydrogens is 832 g/mol. The average Bonchev–Trinajstić information content (AvgIpc) is 3.23. The Labute approximate surface area is 348 Å². The van der Waals surface area contributed by atoms with Gasteiger partial charge >= 0.3 is 17.9 Å². The highest BCUT2D eigenvalue weighted by Gasteiger charge is 2.47. The Morgan fingerprint density at radius 1 is 0.710 bits per heavy atom. The van der Waals surface area contributed by atoms with Crippen molar-refractivity contribution in [3.8, 4) is 57.1 Å². The number of carbonyl (C=O) groups is 3. The number of hydrogen-bond acceptors (Lipinski definition) is 21. The number of aliphatic hydroxyl groups is 6. The third kappa shape index (κ3) is 10.2. The van der Waals surface area contributed by atoms with Crippen molar-refractivity contribution in [3.05, 3.63) is 76.5 Å². The summed E-state index contributed by atoms with van der Waals surface area (Å²) in [6.45, 7) is -1.46. The maximum Gasteiger partial charge on any atom is 0.330 e. The molecule has 1 aliphatic carbocycles. The van der Waals surface area contributed by atoms with E-state index in [-0.39, 0.29) is 34.1 Å². The summed E-state index contributed by atoms with van der Waals surface area (Å²) in [5.74, 6) is -6.65. The van der Waals surface area contributed by atoms with Crippen molar-refractivity contribution in [2.24, 2.45) is 0 Å². The molecule has 0 bridgehead atoms. The Bertz CT molecular complexity index is 2310. The molecule has 10 N–H and O–H groups in total. The molecule has 0 unspecified atom stereocenters. The smallest absolute Gasteiger partial charge is 0.330 e. The van der Waals surface area contributed by atoms with Crippen molar-refractivity contribution in [1.82, 2.24) is 0 Å². The number of methoxy groups -OCH3 is 1. The van der Waals surface area contributed by atoms with E-state index in [9.17, 15) is 65.1 Å². The molecule has 2 fully saturated rings. The number of benzene rings is 3. The highest BCUT2D eigenvalue weighted by molar-refractivity contribution is 5.90. The number of ether oxygens (including phenoxy) is 7. The molecule has 2 saturated heterocycles. The van der Waals surface area contributed by atoms with Gasteiger partial charge < -0.3 is 88.6 Å². The topological polar surface area (TPSA) is 348 Å². The number of aliphatic carboxylic acids is 1. The van der Waals surface area contributed by atoms with Gasteiger partial charge in [0.15, 0.2) is 28.4 Å². The van der Waals surface area contributed by atoms with Gasteiger partial charge in [-0.1, -0.05) is 12.1 Å². The van der Waals surface area contributed by atoms with Gasteiger partial charge in [-0.2, -0.15) is 0 Å². The van der Waals surface area contributed by atoms with Gasteiger partial charge in [-0.25, -0.2) is 4.79 Å². The first-order valence-electron chi connectivity index (χ1n) is 18.4. The predicted octanol–water partition coefficient (Wildman–Crippen LogP) is -0.816. The van der Waals surface area contributed by atoms with Crippen LogP contribution in [0.15, 0.2) is 69.9 Å². The van der Waals surface area contributed by atoms with Crippen LogP contribution in [0.1, 0.15) is 12.0 Å². The van der Waals surface area contributed by atoms with Crippen LogP contribution in [-0.4, -0.2) is 151 Å². The molecule has 0 spiro atoms. The molecule has 22 nitrogen and oxygen atoms in total. The normalized spacial score (nSPS) is 26.2. The molecule has 3 aliphatic heterocycles. The van der Waals surface area contributed by atoms with Gasteiger partial charge in [0, 0.05) is 23.8 Å². The van der Waals surface area contributed by atoms with Gasteiger partial charge in [0.1, 0.15) is 85.7 Å². The second-order valence-corrected chi connectivity index (χ2v) is 13.9. The fraction of sp³-hybridized carbons (Fsp3) is 0.350. The van der Waals surface area contributed by atoms with Crippen molar-refractivity contribution in [3.63, 3.8) is 0 Å². The lowest BCUT2D eigenvalue weighted by molar-refractivity contribution is -0.278. The Morgan fingerprint density at radius 2 is 1.31 bits per heavy atom. The number of hydrogen-bond donors (Lipinski definition) is 10. The van der Waals surface area contributed by atoms with Crippen molar-refractivity contribution in [1.29, 1.82) is 0 Å². The summed E-state index contributed by atoms with van der Waals surface area (Å²) < 4.78 is 44.4. The molecule has 62 heavy (non-hydrogen) atoms. The van der Waals surface area contributed by atoms with E-state index in [2.05, 4.69) is 0 Å². The third-order valence-electron chi connectivity index (χ3n) is 9.55. The van der Waals surface area contributed by atoms with Crippen molar-refractivity contribution in [2.75, 3.05) is 20.3 Å². The van der Waals surface area contributed by atoms with E-state index in [4.69, 9.17) is 42.7 Å². The summed E-state index contributed by atoms with van der Waals surface area (Å²) >= 11 is 0. The lowest BCUT2D eigenvalue weighted by Gasteiger charge is -2.40. The van der Waals surface area contributed by atoms with Crippen LogP contribution in [-0.2, 0) is 33.3 Å². The van der Waals surface area contributed by atoms with Gasteiger partial charge in [0.2, 0.25) is 18.3 Å². The minimum atomic E-state index is -2.01. The first-order valence-corrected chi connectivity index (χ1v) is 18.4. The quantitative estimate of drug-likeness (QED) is 0.0320. The molecule has 2 aromatic carbocycles. The average molecular weight is 873 g/mol. The van der Waals surface area contributed by atoms with E-state index in [1.54, 1.807) is 0 Å². The number of phenols is 3. The second kappa shape index (κ2) is 19.0. The Balaban J connectivity index is 1.33. The molecule has 6 rings (SSSR count). The summed E-state index contributed by atoms with van der Waals surface area (Å²) in [4.78, 5) is 48.2. The SMILES string of the molecule is COc1cc(-c2oc3cc(=O)cc(O[C@@H]4O[C@H](COC(=O)CC(=O)O)[C@@H](O)[C@H](O)[C@H]4O)c-3cc2O[C@@H]2O[C@H](COC(=O)/C=C/c3ccc(O)cc3)[C@@H](O)[C@H](O)[C@H]2O)cc(O)c1O. The molecule has 0 radical (unpaired) electrons. The van der Waals surface area contributed by atoms with Crippen LogP contribution in [0.2, 0.25) is 0 Å². The van der Waals surface area contributed by atoms with Crippen LogP contribution in [0.5, 0.6) is 34.5 Å². The number of phenolic OH excluding ortho intramolecular Hbond substituents is 3.